The Morgan fingerprint density at radius 3 is 2.58 bits per heavy atom. The number of nitrogens with one attached hydrogen (secondary N) is 3. The Balaban J connectivity index is 1.44. The van der Waals surface area contributed by atoms with Crippen molar-refractivity contribution in [3.63, 3.8) is 0 Å². The Labute approximate surface area is 211 Å². The second-order valence-electron chi connectivity index (χ2n) is 9.78. The molecule has 1 saturated heterocycles. The lowest BCUT2D eigenvalue weighted by molar-refractivity contribution is 0.546. The lowest BCUT2D eigenvalue weighted by atomic mass is 10.1. The summed E-state index contributed by atoms with van der Waals surface area (Å²) in [5.74, 6) is 0.995. The highest BCUT2D eigenvalue weighted by molar-refractivity contribution is 5.82. The minimum atomic E-state index is -0.0381. The highest BCUT2D eigenvalue weighted by Crippen LogP contribution is 2.27. The normalized spacial score (nSPS) is 14.2. The summed E-state index contributed by atoms with van der Waals surface area (Å²) < 4.78 is 1.96. The van der Waals surface area contributed by atoms with Crippen LogP contribution in [0, 0.1) is 13.8 Å². The average molecular weight is 487 g/mol. The Morgan fingerprint density at radius 1 is 1.08 bits per heavy atom. The molecule has 4 aromatic heterocycles. The minimum absolute atomic E-state index is 0.0381. The minimum Gasteiger partial charge on any atom is -0.354 e. The molecule has 0 saturated carbocycles. The molecule has 0 amide bonds. The number of anilines is 1. The molecule has 0 radical (unpaired) electrons. The molecular weight excluding hydrogens is 452 g/mol. The van der Waals surface area contributed by atoms with Crippen molar-refractivity contribution < 1.29 is 0 Å². The third kappa shape index (κ3) is 4.89. The summed E-state index contributed by atoms with van der Waals surface area (Å²) in [6.45, 7) is 13.0. The largest absolute Gasteiger partial charge is 0.354 e. The van der Waals surface area contributed by atoms with Crippen molar-refractivity contribution in [1.82, 2.24) is 35.4 Å². The molecule has 0 atom stereocenters. The van der Waals surface area contributed by atoms with Gasteiger partial charge in [0, 0.05) is 73.7 Å². The van der Waals surface area contributed by atoms with Crippen LogP contribution in [0.5, 0.6) is 0 Å². The van der Waals surface area contributed by atoms with Crippen LogP contribution < -0.4 is 21.1 Å². The molecule has 1 aliphatic rings. The van der Waals surface area contributed by atoms with E-state index in [9.17, 15) is 4.79 Å². The van der Waals surface area contributed by atoms with Gasteiger partial charge in [-0.15, -0.1) is 0 Å². The molecule has 5 heterocycles. The fourth-order valence-electron chi connectivity index (χ4n) is 4.80. The number of hydrogen-bond acceptors (Lipinski definition) is 7. The summed E-state index contributed by atoms with van der Waals surface area (Å²) in [5.41, 5.74) is 6.38. The Kier molecular flexibility index (Phi) is 6.84. The zero-order valence-corrected chi connectivity index (χ0v) is 21.4. The van der Waals surface area contributed by atoms with Gasteiger partial charge in [-0.25, -0.2) is 14.6 Å². The number of H-pyrrole nitrogens is 1. The van der Waals surface area contributed by atoms with Crippen molar-refractivity contribution >= 4 is 16.9 Å². The van der Waals surface area contributed by atoms with E-state index in [1.54, 1.807) is 0 Å². The first-order valence-corrected chi connectivity index (χ1v) is 12.6. The van der Waals surface area contributed by atoms with Gasteiger partial charge < -0.3 is 20.5 Å². The van der Waals surface area contributed by atoms with Crippen molar-refractivity contribution in [2.45, 2.75) is 46.8 Å². The number of pyridine rings is 3. The lowest BCUT2D eigenvalue weighted by Gasteiger charge is -2.28. The van der Waals surface area contributed by atoms with E-state index in [4.69, 9.17) is 9.97 Å². The number of hydrogen-bond donors (Lipinski definition) is 3. The van der Waals surface area contributed by atoms with Crippen molar-refractivity contribution in [2.24, 2.45) is 0 Å². The maximum Gasteiger partial charge on any atom is 0.252 e. The van der Waals surface area contributed by atoms with Crippen LogP contribution in [0.25, 0.3) is 22.3 Å². The molecule has 9 heteroatoms. The van der Waals surface area contributed by atoms with E-state index in [2.05, 4.69) is 57.7 Å². The van der Waals surface area contributed by atoms with Crippen molar-refractivity contribution in [3.8, 4) is 11.3 Å². The second-order valence-corrected chi connectivity index (χ2v) is 9.78. The zero-order valence-electron chi connectivity index (χ0n) is 21.4. The number of aromatic nitrogens is 5. The number of rotatable bonds is 7. The van der Waals surface area contributed by atoms with E-state index >= 15 is 0 Å². The van der Waals surface area contributed by atoms with Gasteiger partial charge in [0.05, 0.1) is 11.9 Å². The predicted octanol–water partition coefficient (Wildman–Crippen LogP) is 3.08. The van der Waals surface area contributed by atoms with Gasteiger partial charge in [0.1, 0.15) is 5.82 Å². The van der Waals surface area contributed by atoms with Crippen LogP contribution in [-0.4, -0.2) is 50.9 Å². The molecule has 188 valence electrons. The molecule has 1 fully saturated rings. The van der Waals surface area contributed by atoms with Crippen molar-refractivity contribution in [2.75, 3.05) is 31.1 Å². The molecule has 0 aromatic carbocycles. The molecule has 0 aliphatic carbocycles. The summed E-state index contributed by atoms with van der Waals surface area (Å²) in [7, 11) is 0. The first-order valence-electron chi connectivity index (χ1n) is 12.6. The van der Waals surface area contributed by atoms with Gasteiger partial charge in [-0.2, -0.15) is 5.10 Å². The first kappa shape index (κ1) is 24.1. The third-order valence-electron chi connectivity index (χ3n) is 6.74. The van der Waals surface area contributed by atoms with Crippen LogP contribution in [0.1, 0.15) is 42.3 Å². The Bertz CT molecular complexity index is 1410. The smallest absolute Gasteiger partial charge is 0.252 e. The van der Waals surface area contributed by atoms with Gasteiger partial charge in [-0.3, -0.25) is 4.79 Å². The van der Waals surface area contributed by atoms with E-state index in [0.29, 0.717) is 13.1 Å². The number of piperazine rings is 1. The number of aryl methyl sites for hydroxylation is 2. The third-order valence-corrected chi connectivity index (χ3v) is 6.74. The van der Waals surface area contributed by atoms with Gasteiger partial charge in [0.15, 0.2) is 5.65 Å². The van der Waals surface area contributed by atoms with E-state index in [-0.39, 0.29) is 11.6 Å². The summed E-state index contributed by atoms with van der Waals surface area (Å²) in [5, 5.41) is 12.5. The van der Waals surface area contributed by atoms with Crippen LogP contribution >= 0.6 is 0 Å². The molecule has 3 N–H and O–H groups in total. The summed E-state index contributed by atoms with van der Waals surface area (Å²) in [6.07, 6.45) is 3.80. The van der Waals surface area contributed by atoms with E-state index in [1.807, 2.05) is 37.0 Å². The van der Waals surface area contributed by atoms with E-state index in [1.165, 1.54) is 0 Å². The second kappa shape index (κ2) is 10.2. The Morgan fingerprint density at radius 2 is 1.89 bits per heavy atom. The zero-order chi connectivity index (χ0) is 25.2. The molecule has 4 aromatic rings. The van der Waals surface area contributed by atoms with E-state index < -0.39 is 0 Å². The highest BCUT2D eigenvalue weighted by Gasteiger charge is 2.16. The van der Waals surface area contributed by atoms with Gasteiger partial charge >= 0.3 is 0 Å². The molecule has 9 nitrogen and oxygen atoms in total. The molecule has 0 unspecified atom stereocenters. The summed E-state index contributed by atoms with van der Waals surface area (Å²) >= 11 is 0. The molecular formula is C27H34N8O. The first-order chi connectivity index (χ1) is 17.4. The fourth-order valence-corrected chi connectivity index (χ4v) is 4.80. The van der Waals surface area contributed by atoms with Gasteiger partial charge in [0.25, 0.3) is 5.56 Å². The standard InChI is InChI=1S/C27H34N8O/c1-17(2)35-26-23(16-31-35)21(13-29-15-22-18(3)11-19(4)32-27(22)36)12-24(33-26)20-5-6-25(30-14-20)34-9-7-28-8-10-34/h5-6,11-12,14,16-17,28-29H,7-10,13,15H2,1-4H3,(H,32,36). The molecule has 5 rings (SSSR count). The SMILES string of the molecule is Cc1cc(C)c(CNCc2cc(-c3ccc(N4CCNCC4)nc3)nc3c2cnn3C(C)C)c(=O)[nH]1. The summed E-state index contributed by atoms with van der Waals surface area (Å²) in [6, 6.07) is 8.48. The molecule has 1 aliphatic heterocycles. The van der Waals surface area contributed by atoms with Crippen LogP contribution in [-0.2, 0) is 13.1 Å². The van der Waals surface area contributed by atoms with Crippen LogP contribution in [0.4, 0.5) is 5.82 Å². The van der Waals surface area contributed by atoms with Gasteiger partial charge in [-0.1, -0.05) is 0 Å². The van der Waals surface area contributed by atoms with E-state index in [0.717, 1.165) is 76.7 Å². The van der Waals surface area contributed by atoms with Gasteiger partial charge in [-0.05, 0) is 63.1 Å². The topological polar surface area (TPSA) is 104 Å². The molecule has 36 heavy (non-hydrogen) atoms. The van der Waals surface area contributed by atoms with Gasteiger partial charge in [0.2, 0.25) is 0 Å². The average Bonchev–Trinajstić information content (AvgIpc) is 3.31. The van der Waals surface area contributed by atoms with Crippen LogP contribution in [0.2, 0.25) is 0 Å². The molecule has 0 bridgehead atoms. The lowest BCUT2D eigenvalue weighted by Crippen LogP contribution is -2.43. The Hall–Kier alpha value is -3.56. The van der Waals surface area contributed by atoms with Crippen LogP contribution in [0.3, 0.4) is 0 Å². The summed E-state index contributed by atoms with van der Waals surface area (Å²) in [4.78, 5) is 27.4. The maximum absolute atomic E-state index is 12.4. The van der Waals surface area contributed by atoms with Crippen molar-refractivity contribution in [3.05, 3.63) is 69.4 Å². The maximum atomic E-state index is 12.4. The monoisotopic (exact) mass is 486 g/mol. The fraction of sp³-hybridized carbons (Fsp3) is 0.407. The highest BCUT2D eigenvalue weighted by atomic mass is 16.1. The van der Waals surface area contributed by atoms with Crippen molar-refractivity contribution in [1.29, 1.82) is 0 Å². The van der Waals surface area contributed by atoms with Crippen LogP contribution in [0.15, 0.2) is 41.5 Å². The number of aromatic amines is 1. The predicted molar refractivity (Wildman–Crippen MR) is 143 cm³/mol. The number of fused-ring (bicyclic) bond motifs is 1. The quantitative estimate of drug-likeness (QED) is 0.369. The molecule has 0 spiro atoms. The number of nitrogens with zero attached hydrogens (tertiary/aromatic N) is 5.